The Labute approximate surface area is 121 Å². The van der Waals surface area contributed by atoms with Crippen LogP contribution in [0.3, 0.4) is 0 Å². The molecule has 2 aromatic rings. The number of ether oxygens (including phenoxy) is 1. The van der Waals surface area contributed by atoms with Crippen LogP contribution in [0.15, 0.2) is 48.5 Å². The Bertz CT molecular complexity index is 656. The van der Waals surface area contributed by atoms with Crippen molar-refractivity contribution < 1.29 is 14.5 Å². The van der Waals surface area contributed by atoms with Gasteiger partial charge >= 0.3 is 5.97 Å². The van der Waals surface area contributed by atoms with E-state index in [9.17, 15) is 14.9 Å². The maximum Gasteiger partial charge on any atom is 0.310 e. The number of nitro groups is 1. The number of para-hydroxylation sites is 1. The highest BCUT2D eigenvalue weighted by molar-refractivity contribution is 5.75. The number of carbonyl (C=O) groups excluding carboxylic acids is 1. The number of benzene rings is 2. The van der Waals surface area contributed by atoms with Crippen LogP contribution in [0.5, 0.6) is 0 Å². The van der Waals surface area contributed by atoms with Gasteiger partial charge in [-0.25, -0.2) is 0 Å². The first-order valence-corrected chi connectivity index (χ1v) is 6.26. The second-order valence-electron chi connectivity index (χ2n) is 4.34. The van der Waals surface area contributed by atoms with Gasteiger partial charge in [-0.15, -0.1) is 0 Å². The average Bonchev–Trinajstić information content (AvgIpc) is 2.48. The van der Waals surface area contributed by atoms with Crippen molar-refractivity contribution in [1.29, 1.82) is 0 Å². The lowest BCUT2D eigenvalue weighted by molar-refractivity contribution is -0.385. The van der Waals surface area contributed by atoms with Gasteiger partial charge in [0.1, 0.15) is 0 Å². The van der Waals surface area contributed by atoms with Gasteiger partial charge in [-0.2, -0.15) is 0 Å². The van der Waals surface area contributed by atoms with Crippen LogP contribution in [-0.2, 0) is 16.0 Å². The van der Waals surface area contributed by atoms with E-state index in [0.29, 0.717) is 11.3 Å². The number of rotatable bonds is 5. The van der Waals surface area contributed by atoms with Gasteiger partial charge in [0, 0.05) is 23.0 Å². The summed E-state index contributed by atoms with van der Waals surface area (Å²) in [6, 6.07) is 14.0. The lowest BCUT2D eigenvalue weighted by atomic mass is 10.1. The Morgan fingerprint density at radius 3 is 2.52 bits per heavy atom. The molecular formula is C15H14N2O4. The van der Waals surface area contributed by atoms with Crippen LogP contribution in [0, 0.1) is 10.1 Å². The van der Waals surface area contributed by atoms with Crippen LogP contribution in [-0.4, -0.2) is 18.0 Å². The summed E-state index contributed by atoms with van der Waals surface area (Å²) in [5.74, 6) is -0.519. The number of nitro benzene ring substituents is 1. The molecule has 0 aromatic heterocycles. The molecule has 2 rings (SSSR count). The quantitative estimate of drug-likeness (QED) is 0.519. The molecule has 6 nitrogen and oxygen atoms in total. The minimum atomic E-state index is -0.519. The topological polar surface area (TPSA) is 81.5 Å². The number of hydrogen-bond donors (Lipinski definition) is 1. The van der Waals surface area contributed by atoms with Crippen molar-refractivity contribution in [3.05, 3.63) is 64.2 Å². The third-order valence-corrected chi connectivity index (χ3v) is 2.90. The van der Waals surface area contributed by atoms with E-state index in [1.807, 2.05) is 30.3 Å². The van der Waals surface area contributed by atoms with Crippen LogP contribution >= 0.6 is 0 Å². The monoisotopic (exact) mass is 286 g/mol. The summed E-state index contributed by atoms with van der Waals surface area (Å²) in [7, 11) is 1.25. The first kappa shape index (κ1) is 14.5. The summed E-state index contributed by atoms with van der Waals surface area (Å²) in [5, 5.41) is 14.1. The third kappa shape index (κ3) is 3.79. The van der Waals surface area contributed by atoms with Crippen LogP contribution < -0.4 is 5.32 Å². The van der Waals surface area contributed by atoms with Gasteiger partial charge in [0.2, 0.25) is 0 Å². The molecule has 108 valence electrons. The molecule has 0 aliphatic heterocycles. The van der Waals surface area contributed by atoms with Crippen LogP contribution in [0.25, 0.3) is 0 Å². The Morgan fingerprint density at radius 1 is 1.19 bits per heavy atom. The molecule has 0 saturated heterocycles. The summed E-state index contributed by atoms with van der Waals surface area (Å²) in [5.41, 5.74) is 1.74. The highest BCUT2D eigenvalue weighted by Crippen LogP contribution is 2.25. The summed E-state index contributed by atoms with van der Waals surface area (Å²) < 4.78 is 4.57. The van der Waals surface area contributed by atoms with Gasteiger partial charge in [0.05, 0.1) is 18.5 Å². The van der Waals surface area contributed by atoms with E-state index in [1.54, 1.807) is 12.1 Å². The standard InChI is InChI=1S/C15H14N2O4/c1-21-15(18)10-11-9-13(7-8-14(11)17(19)20)16-12-5-3-2-4-6-12/h2-9,16H,10H2,1H3. The summed E-state index contributed by atoms with van der Waals surface area (Å²) in [6.07, 6.45) is -0.142. The number of carbonyl (C=O) groups is 1. The second kappa shape index (κ2) is 6.51. The number of nitrogens with one attached hydrogen (secondary N) is 1. The molecule has 0 aliphatic carbocycles. The molecule has 0 saturated carbocycles. The molecule has 0 radical (unpaired) electrons. The minimum absolute atomic E-state index is 0.0981. The molecule has 0 unspecified atom stereocenters. The van der Waals surface area contributed by atoms with Gasteiger partial charge < -0.3 is 10.1 Å². The summed E-state index contributed by atoms with van der Waals surface area (Å²) in [6.45, 7) is 0. The zero-order valence-corrected chi connectivity index (χ0v) is 11.4. The lowest BCUT2D eigenvalue weighted by Gasteiger charge is -2.08. The Kier molecular flexibility index (Phi) is 4.50. The molecular weight excluding hydrogens is 272 g/mol. The summed E-state index contributed by atoms with van der Waals surface area (Å²) >= 11 is 0. The third-order valence-electron chi connectivity index (χ3n) is 2.90. The SMILES string of the molecule is COC(=O)Cc1cc(Nc2ccccc2)ccc1[N+](=O)[O-]. The smallest absolute Gasteiger partial charge is 0.310 e. The van der Waals surface area contributed by atoms with Crippen LogP contribution in [0.2, 0.25) is 0 Å². The highest BCUT2D eigenvalue weighted by Gasteiger charge is 2.17. The number of anilines is 2. The number of hydrogen-bond acceptors (Lipinski definition) is 5. The number of nitrogens with zero attached hydrogens (tertiary/aromatic N) is 1. The molecule has 2 aromatic carbocycles. The molecule has 0 heterocycles. The van der Waals surface area contributed by atoms with Crippen LogP contribution in [0.1, 0.15) is 5.56 Å². The molecule has 0 aliphatic rings. The maximum absolute atomic E-state index is 11.4. The molecule has 0 spiro atoms. The van der Waals surface area contributed by atoms with E-state index in [-0.39, 0.29) is 12.1 Å². The van der Waals surface area contributed by atoms with Crippen molar-refractivity contribution in [3.8, 4) is 0 Å². The normalized spacial score (nSPS) is 9.95. The predicted molar refractivity (Wildman–Crippen MR) is 78.5 cm³/mol. The Hall–Kier alpha value is -2.89. The van der Waals surface area contributed by atoms with Crippen molar-refractivity contribution >= 4 is 23.0 Å². The molecule has 1 N–H and O–H groups in total. The van der Waals surface area contributed by atoms with E-state index in [1.165, 1.54) is 13.2 Å². The Morgan fingerprint density at radius 2 is 1.90 bits per heavy atom. The Balaban J connectivity index is 2.30. The van der Waals surface area contributed by atoms with Gasteiger partial charge in [-0.3, -0.25) is 14.9 Å². The van der Waals surface area contributed by atoms with Gasteiger partial charge in [0.25, 0.3) is 5.69 Å². The average molecular weight is 286 g/mol. The predicted octanol–water partition coefficient (Wildman–Crippen LogP) is 3.05. The fourth-order valence-corrected chi connectivity index (χ4v) is 1.90. The van der Waals surface area contributed by atoms with E-state index < -0.39 is 10.9 Å². The minimum Gasteiger partial charge on any atom is -0.469 e. The molecule has 0 fully saturated rings. The molecule has 0 atom stereocenters. The zero-order valence-electron chi connectivity index (χ0n) is 11.4. The fraction of sp³-hybridized carbons (Fsp3) is 0.133. The molecule has 21 heavy (non-hydrogen) atoms. The summed E-state index contributed by atoms with van der Waals surface area (Å²) in [4.78, 5) is 21.8. The van der Waals surface area contributed by atoms with Gasteiger partial charge in [-0.1, -0.05) is 18.2 Å². The first-order chi connectivity index (χ1) is 10.1. The molecule has 6 heteroatoms. The van der Waals surface area contributed by atoms with E-state index in [4.69, 9.17) is 0 Å². The van der Waals surface area contributed by atoms with E-state index >= 15 is 0 Å². The lowest BCUT2D eigenvalue weighted by Crippen LogP contribution is -2.07. The van der Waals surface area contributed by atoms with Crippen molar-refractivity contribution in [3.63, 3.8) is 0 Å². The van der Waals surface area contributed by atoms with E-state index in [0.717, 1.165) is 5.69 Å². The highest BCUT2D eigenvalue weighted by atomic mass is 16.6. The van der Waals surface area contributed by atoms with Crippen molar-refractivity contribution in [1.82, 2.24) is 0 Å². The number of methoxy groups -OCH3 is 1. The maximum atomic E-state index is 11.4. The van der Waals surface area contributed by atoms with Crippen molar-refractivity contribution in [2.75, 3.05) is 12.4 Å². The molecule has 0 bridgehead atoms. The fourth-order valence-electron chi connectivity index (χ4n) is 1.90. The first-order valence-electron chi connectivity index (χ1n) is 6.26. The number of esters is 1. The molecule has 0 amide bonds. The van der Waals surface area contributed by atoms with E-state index in [2.05, 4.69) is 10.1 Å². The van der Waals surface area contributed by atoms with Crippen LogP contribution in [0.4, 0.5) is 17.1 Å². The largest absolute Gasteiger partial charge is 0.469 e. The van der Waals surface area contributed by atoms with Gasteiger partial charge in [0.15, 0.2) is 0 Å². The van der Waals surface area contributed by atoms with Crippen molar-refractivity contribution in [2.24, 2.45) is 0 Å². The van der Waals surface area contributed by atoms with Crippen molar-refractivity contribution in [2.45, 2.75) is 6.42 Å². The zero-order chi connectivity index (χ0) is 15.2. The van der Waals surface area contributed by atoms with Gasteiger partial charge in [-0.05, 0) is 24.3 Å². The second-order valence-corrected chi connectivity index (χ2v) is 4.34.